The number of carbonyl (C=O) groups excluding carboxylic acids is 1. The van der Waals surface area contributed by atoms with E-state index in [2.05, 4.69) is 19.0 Å². The van der Waals surface area contributed by atoms with Gasteiger partial charge >= 0.3 is 0 Å². The summed E-state index contributed by atoms with van der Waals surface area (Å²) in [5, 5.41) is 12.2. The van der Waals surface area contributed by atoms with Crippen LogP contribution < -0.4 is 5.73 Å². The summed E-state index contributed by atoms with van der Waals surface area (Å²) in [6.07, 6.45) is 7.16. The average Bonchev–Trinajstić information content (AvgIpc) is 2.49. The fourth-order valence-electron chi connectivity index (χ4n) is 4.16. The molecule has 5 heteroatoms. The highest BCUT2D eigenvalue weighted by Crippen LogP contribution is 2.47. The number of hydrogen-bond acceptors (Lipinski definition) is 3. The Hall–Kier alpha value is -1.26. The molecule has 0 atom stereocenters. The van der Waals surface area contributed by atoms with Crippen molar-refractivity contribution in [2.24, 2.45) is 28.1 Å². The molecule has 2 aliphatic carbocycles. The van der Waals surface area contributed by atoms with E-state index in [1.807, 2.05) is 11.9 Å². The van der Waals surface area contributed by atoms with Crippen molar-refractivity contribution in [2.75, 3.05) is 7.05 Å². The molecule has 5 nitrogen and oxygen atoms in total. The Morgan fingerprint density at radius 3 is 2.33 bits per heavy atom. The van der Waals surface area contributed by atoms with Gasteiger partial charge in [-0.15, -0.1) is 0 Å². The molecule has 0 saturated heterocycles. The zero-order valence-corrected chi connectivity index (χ0v) is 13.5. The Labute approximate surface area is 127 Å². The third kappa shape index (κ3) is 2.87. The molecule has 0 bridgehead atoms. The Balaban J connectivity index is 2.04. The average molecular weight is 295 g/mol. The Kier molecular flexibility index (Phi) is 4.79. The predicted molar refractivity (Wildman–Crippen MR) is 83.0 cm³/mol. The molecule has 2 aliphatic rings. The quantitative estimate of drug-likeness (QED) is 0.362. The minimum Gasteiger partial charge on any atom is -0.409 e. The van der Waals surface area contributed by atoms with E-state index >= 15 is 0 Å². The minimum absolute atomic E-state index is 0.0378. The van der Waals surface area contributed by atoms with Gasteiger partial charge < -0.3 is 15.8 Å². The number of oxime groups is 1. The van der Waals surface area contributed by atoms with Crippen LogP contribution in [0.1, 0.15) is 58.8 Å². The van der Waals surface area contributed by atoms with Crippen LogP contribution in [0.5, 0.6) is 0 Å². The van der Waals surface area contributed by atoms with E-state index in [4.69, 9.17) is 10.9 Å². The number of carbonyl (C=O) groups is 1. The second-order valence-electron chi connectivity index (χ2n) is 7.08. The second kappa shape index (κ2) is 6.24. The molecule has 0 aromatic carbocycles. The highest BCUT2D eigenvalue weighted by molar-refractivity contribution is 6.07. The molecule has 1 amide bonds. The summed E-state index contributed by atoms with van der Waals surface area (Å²) in [7, 11) is 1.88. The van der Waals surface area contributed by atoms with Gasteiger partial charge in [0.25, 0.3) is 0 Å². The SMILES string of the molecule is CCC1CCC(N(C)C(=O)C2(C(N)=NO)CC(C)C2)CC1. The minimum atomic E-state index is -0.759. The standard InChI is InChI=1S/C16H29N3O2/c1-4-12-5-7-13(8-6-12)19(3)15(20)16(14(17)18-21)9-11(2)10-16/h11-13,21H,4-10H2,1-3H3,(H2,17,18). The summed E-state index contributed by atoms with van der Waals surface area (Å²) in [6.45, 7) is 4.34. The summed E-state index contributed by atoms with van der Waals surface area (Å²) in [5.74, 6) is 1.39. The van der Waals surface area contributed by atoms with Gasteiger partial charge in [0.2, 0.25) is 5.91 Å². The first-order chi connectivity index (χ1) is 9.94. The van der Waals surface area contributed by atoms with Gasteiger partial charge in [-0.1, -0.05) is 25.4 Å². The fourth-order valence-corrected chi connectivity index (χ4v) is 4.16. The summed E-state index contributed by atoms with van der Waals surface area (Å²) >= 11 is 0. The zero-order valence-electron chi connectivity index (χ0n) is 13.5. The first-order valence-corrected chi connectivity index (χ1v) is 8.19. The van der Waals surface area contributed by atoms with E-state index in [-0.39, 0.29) is 11.7 Å². The summed E-state index contributed by atoms with van der Waals surface area (Å²) < 4.78 is 0. The molecule has 0 heterocycles. The van der Waals surface area contributed by atoms with Gasteiger partial charge in [0, 0.05) is 13.1 Å². The van der Waals surface area contributed by atoms with Crippen molar-refractivity contribution in [1.82, 2.24) is 4.90 Å². The topological polar surface area (TPSA) is 78.9 Å². The van der Waals surface area contributed by atoms with Crippen LogP contribution in [0.3, 0.4) is 0 Å². The number of amidine groups is 1. The van der Waals surface area contributed by atoms with E-state index in [1.54, 1.807) is 0 Å². The lowest BCUT2D eigenvalue weighted by molar-refractivity contribution is -0.146. The molecule has 0 aromatic heterocycles. The van der Waals surface area contributed by atoms with Gasteiger partial charge in [-0.05, 0) is 50.4 Å². The lowest BCUT2D eigenvalue weighted by Crippen LogP contribution is -2.58. The highest BCUT2D eigenvalue weighted by Gasteiger charge is 2.54. The van der Waals surface area contributed by atoms with Crippen LogP contribution in [0.15, 0.2) is 5.16 Å². The number of hydrogen-bond donors (Lipinski definition) is 2. The van der Waals surface area contributed by atoms with Crippen molar-refractivity contribution in [2.45, 2.75) is 64.8 Å². The van der Waals surface area contributed by atoms with Crippen LogP contribution >= 0.6 is 0 Å². The van der Waals surface area contributed by atoms with Crippen LogP contribution in [0.4, 0.5) is 0 Å². The van der Waals surface area contributed by atoms with Gasteiger partial charge in [-0.2, -0.15) is 0 Å². The number of rotatable bonds is 4. The molecule has 0 unspecified atom stereocenters. The summed E-state index contributed by atoms with van der Waals surface area (Å²) in [6, 6.07) is 0.305. The number of amides is 1. The third-order valence-electron chi connectivity index (χ3n) is 5.66. The first-order valence-electron chi connectivity index (χ1n) is 8.19. The smallest absolute Gasteiger partial charge is 0.236 e. The molecule has 0 aliphatic heterocycles. The van der Waals surface area contributed by atoms with Crippen LogP contribution in [-0.2, 0) is 4.79 Å². The summed E-state index contributed by atoms with van der Waals surface area (Å²) in [4.78, 5) is 14.8. The maximum absolute atomic E-state index is 12.9. The molecule has 0 aromatic rings. The molecular weight excluding hydrogens is 266 g/mol. The van der Waals surface area contributed by atoms with E-state index in [0.717, 1.165) is 18.8 Å². The van der Waals surface area contributed by atoms with Gasteiger partial charge in [0.15, 0.2) is 5.84 Å². The fraction of sp³-hybridized carbons (Fsp3) is 0.875. The van der Waals surface area contributed by atoms with Crippen molar-refractivity contribution < 1.29 is 10.0 Å². The maximum Gasteiger partial charge on any atom is 0.236 e. The van der Waals surface area contributed by atoms with Crippen molar-refractivity contribution in [3.8, 4) is 0 Å². The number of nitrogens with two attached hydrogens (primary N) is 1. The zero-order chi connectivity index (χ0) is 15.6. The van der Waals surface area contributed by atoms with Crippen molar-refractivity contribution in [1.29, 1.82) is 0 Å². The van der Waals surface area contributed by atoms with Crippen LogP contribution in [0, 0.1) is 17.3 Å². The number of nitrogens with zero attached hydrogens (tertiary/aromatic N) is 2. The van der Waals surface area contributed by atoms with E-state index in [0.29, 0.717) is 24.8 Å². The van der Waals surface area contributed by atoms with Crippen molar-refractivity contribution in [3.05, 3.63) is 0 Å². The lowest BCUT2D eigenvalue weighted by atomic mass is 9.61. The van der Waals surface area contributed by atoms with E-state index in [1.165, 1.54) is 19.3 Å². The van der Waals surface area contributed by atoms with Gasteiger partial charge in [0.1, 0.15) is 5.41 Å². The largest absolute Gasteiger partial charge is 0.409 e. The monoisotopic (exact) mass is 295 g/mol. The second-order valence-corrected chi connectivity index (χ2v) is 7.08. The first kappa shape index (κ1) is 16.1. The van der Waals surface area contributed by atoms with Crippen molar-refractivity contribution >= 4 is 11.7 Å². The maximum atomic E-state index is 12.9. The molecule has 120 valence electrons. The normalized spacial score (nSPS) is 36.9. The Morgan fingerprint density at radius 2 is 1.90 bits per heavy atom. The van der Waals surface area contributed by atoms with Crippen molar-refractivity contribution in [3.63, 3.8) is 0 Å². The Bertz CT molecular complexity index is 408. The van der Waals surface area contributed by atoms with Gasteiger partial charge in [-0.25, -0.2) is 0 Å². The van der Waals surface area contributed by atoms with Crippen LogP contribution in [0.25, 0.3) is 0 Å². The molecule has 0 spiro atoms. The van der Waals surface area contributed by atoms with Gasteiger partial charge in [-0.3, -0.25) is 4.79 Å². The van der Waals surface area contributed by atoms with Crippen LogP contribution in [-0.4, -0.2) is 34.9 Å². The van der Waals surface area contributed by atoms with E-state index < -0.39 is 5.41 Å². The molecule has 0 radical (unpaired) electrons. The molecular formula is C16H29N3O2. The lowest BCUT2D eigenvalue weighted by Gasteiger charge is -2.47. The Morgan fingerprint density at radius 1 is 1.33 bits per heavy atom. The predicted octanol–water partition coefficient (Wildman–Crippen LogP) is 2.58. The van der Waals surface area contributed by atoms with Crippen LogP contribution in [0.2, 0.25) is 0 Å². The van der Waals surface area contributed by atoms with Gasteiger partial charge in [0.05, 0.1) is 0 Å². The molecule has 2 fully saturated rings. The van der Waals surface area contributed by atoms with E-state index in [9.17, 15) is 4.79 Å². The molecule has 21 heavy (non-hydrogen) atoms. The summed E-state index contributed by atoms with van der Waals surface area (Å²) in [5.41, 5.74) is 5.08. The molecule has 3 N–H and O–H groups in total. The third-order valence-corrected chi connectivity index (χ3v) is 5.66. The molecule has 2 saturated carbocycles. The molecule has 2 rings (SSSR count). The highest BCUT2D eigenvalue weighted by atomic mass is 16.4.